The zero-order chi connectivity index (χ0) is 24.4. The number of fused-ring (bicyclic) bond motifs is 2. The molecule has 2 aliphatic rings. The molecular formula is C24H26AsFN4O5. The Balaban J connectivity index is 1.17. The SMILES string of the molecule is COc1ccc2ncc(F)c(C[AsH]CC[C@H](N)C3CN(c4ccc5c(c4)OCCO5)C(=O)O3)c2n1. The van der Waals surface area contributed by atoms with Crippen molar-refractivity contribution < 1.29 is 28.1 Å². The van der Waals surface area contributed by atoms with Crippen molar-refractivity contribution in [2.75, 3.05) is 31.8 Å². The third-order valence-corrected chi connectivity index (χ3v) is 8.67. The summed E-state index contributed by atoms with van der Waals surface area (Å²) >= 11 is -0.546. The number of carbonyl (C=O) groups excluding carboxylic acids is 1. The summed E-state index contributed by atoms with van der Waals surface area (Å²) in [6.07, 6.45) is 1.10. The maximum atomic E-state index is 14.5. The summed E-state index contributed by atoms with van der Waals surface area (Å²) in [4.78, 5) is 22.6. The molecule has 0 saturated carbocycles. The van der Waals surface area contributed by atoms with Gasteiger partial charge in [0.15, 0.2) is 0 Å². The molecule has 1 aromatic carbocycles. The van der Waals surface area contributed by atoms with E-state index in [-0.39, 0.29) is 11.9 Å². The van der Waals surface area contributed by atoms with Gasteiger partial charge in [-0.15, -0.1) is 0 Å². The Labute approximate surface area is 208 Å². The normalized spacial score (nSPS) is 18.3. The molecule has 4 heterocycles. The summed E-state index contributed by atoms with van der Waals surface area (Å²) in [6.45, 7) is 1.35. The molecule has 9 nitrogen and oxygen atoms in total. The topological polar surface area (TPSA) is 109 Å². The average molecular weight is 544 g/mol. The number of hydrogen-bond donors (Lipinski definition) is 1. The minimum atomic E-state index is -0.546. The number of pyridine rings is 2. The number of aromatic nitrogens is 2. The van der Waals surface area contributed by atoms with Crippen LogP contribution in [0.4, 0.5) is 14.9 Å². The van der Waals surface area contributed by atoms with Crippen molar-refractivity contribution in [3.8, 4) is 17.4 Å². The average Bonchev–Trinajstić information content (AvgIpc) is 3.28. The van der Waals surface area contributed by atoms with Gasteiger partial charge in [-0.2, -0.15) is 0 Å². The minimum absolute atomic E-state index is 0.304. The summed E-state index contributed by atoms with van der Waals surface area (Å²) in [5.74, 6) is 1.35. The Kier molecular flexibility index (Phi) is 6.92. The third kappa shape index (κ3) is 4.99. The Morgan fingerprint density at radius 1 is 1.26 bits per heavy atom. The predicted molar refractivity (Wildman–Crippen MR) is 129 cm³/mol. The van der Waals surface area contributed by atoms with Gasteiger partial charge in [-0.3, -0.25) is 0 Å². The number of nitrogens with two attached hydrogens (primary N) is 1. The van der Waals surface area contributed by atoms with Gasteiger partial charge < -0.3 is 0 Å². The van der Waals surface area contributed by atoms with Gasteiger partial charge >= 0.3 is 208 Å². The van der Waals surface area contributed by atoms with Crippen LogP contribution < -0.4 is 24.8 Å². The molecular weight excluding hydrogens is 518 g/mol. The fraction of sp³-hybridized carbons (Fsp3) is 0.375. The zero-order valence-electron chi connectivity index (χ0n) is 19.2. The zero-order valence-corrected chi connectivity index (χ0v) is 21.3. The molecule has 0 radical (unpaired) electrons. The number of methoxy groups -OCH3 is 1. The monoisotopic (exact) mass is 544 g/mol. The molecule has 2 aromatic heterocycles. The summed E-state index contributed by atoms with van der Waals surface area (Å²) in [5.41, 5.74) is 8.82. The van der Waals surface area contributed by atoms with Crippen molar-refractivity contribution in [1.29, 1.82) is 0 Å². The van der Waals surface area contributed by atoms with Crippen LogP contribution in [0.1, 0.15) is 12.0 Å². The van der Waals surface area contributed by atoms with Gasteiger partial charge in [-0.25, -0.2) is 0 Å². The van der Waals surface area contributed by atoms with Crippen LogP contribution in [-0.2, 0) is 9.95 Å². The summed E-state index contributed by atoms with van der Waals surface area (Å²) < 4.78 is 36.4. The molecule has 3 aromatic rings. The van der Waals surface area contributed by atoms with E-state index in [1.54, 1.807) is 29.2 Å². The molecule has 5 rings (SSSR count). The number of carbonyl (C=O) groups is 1. The van der Waals surface area contributed by atoms with E-state index in [1.807, 2.05) is 6.07 Å². The van der Waals surface area contributed by atoms with Gasteiger partial charge in [0.1, 0.15) is 0 Å². The molecule has 1 saturated heterocycles. The summed E-state index contributed by atoms with van der Waals surface area (Å²) in [5, 5.41) is 1.48. The van der Waals surface area contributed by atoms with Crippen LogP contribution in [0, 0.1) is 5.82 Å². The number of nitrogens with zero attached hydrogens (tertiary/aromatic N) is 3. The van der Waals surface area contributed by atoms with Crippen molar-refractivity contribution in [2.24, 2.45) is 5.73 Å². The van der Waals surface area contributed by atoms with E-state index in [0.29, 0.717) is 71.1 Å². The molecule has 0 spiro atoms. The number of hydrogen-bond acceptors (Lipinski definition) is 8. The Hall–Kier alpha value is -3.10. The molecule has 1 fully saturated rings. The summed E-state index contributed by atoms with van der Waals surface area (Å²) in [6, 6.07) is 8.58. The number of halogens is 1. The number of amides is 1. The molecule has 11 heteroatoms. The first-order valence-electron chi connectivity index (χ1n) is 11.4. The Bertz CT molecular complexity index is 1250. The van der Waals surface area contributed by atoms with Crippen molar-refractivity contribution in [3.05, 3.63) is 47.9 Å². The number of benzene rings is 1. The molecule has 0 aliphatic carbocycles. The number of ether oxygens (including phenoxy) is 4. The van der Waals surface area contributed by atoms with Crippen molar-refractivity contribution in [2.45, 2.75) is 29.0 Å². The molecule has 2 N–H and O–H groups in total. The van der Waals surface area contributed by atoms with Crippen LogP contribution in [0.3, 0.4) is 0 Å². The van der Waals surface area contributed by atoms with Crippen molar-refractivity contribution >= 4 is 38.6 Å². The standard InChI is InChI=1S/C24H26AsFN4O5/c1-32-22-5-3-18-23(29-22)15(16(26)12-28-18)11-25-7-6-17(27)21-13-30(24(31)35-21)14-2-4-19-20(10-14)34-9-8-33-19/h2-5,10,12,17,21,25H,6-9,11,13,27H2,1H3/t17-,21?/m0/s1. The van der Waals surface area contributed by atoms with Crippen LogP contribution >= 0.6 is 0 Å². The second-order valence-electron chi connectivity index (χ2n) is 8.30. The van der Waals surface area contributed by atoms with Gasteiger partial charge in [-0.1, -0.05) is 0 Å². The summed E-state index contributed by atoms with van der Waals surface area (Å²) in [7, 11) is 1.53. The van der Waals surface area contributed by atoms with E-state index in [9.17, 15) is 9.18 Å². The molecule has 3 atom stereocenters. The maximum absolute atomic E-state index is 14.5. The van der Waals surface area contributed by atoms with E-state index in [0.717, 1.165) is 5.21 Å². The van der Waals surface area contributed by atoms with Crippen LogP contribution in [0.15, 0.2) is 36.5 Å². The second-order valence-corrected chi connectivity index (χ2v) is 11.1. The molecule has 184 valence electrons. The number of anilines is 1. The predicted octanol–water partition coefficient (Wildman–Crippen LogP) is 2.65. The quantitative estimate of drug-likeness (QED) is 0.341. The van der Waals surface area contributed by atoms with E-state index in [1.165, 1.54) is 13.3 Å². The van der Waals surface area contributed by atoms with Gasteiger partial charge in [-0.05, 0) is 0 Å². The number of rotatable bonds is 8. The van der Waals surface area contributed by atoms with E-state index >= 15 is 0 Å². The number of cyclic esters (lactones) is 1. The molecule has 2 aliphatic heterocycles. The first-order chi connectivity index (χ1) is 17.0. The van der Waals surface area contributed by atoms with Gasteiger partial charge in [0.05, 0.1) is 0 Å². The molecule has 0 bridgehead atoms. The van der Waals surface area contributed by atoms with Crippen LogP contribution in [-0.4, -0.2) is 70.8 Å². The molecule has 2 unspecified atom stereocenters. The Morgan fingerprint density at radius 3 is 2.91 bits per heavy atom. The van der Waals surface area contributed by atoms with E-state index in [4.69, 9.17) is 24.7 Å². The van der Waals surface area contributed by atoms with Crippen molar-refractivity contribution in [3.63, 3.8) is 0 Å². The second kappa shape index (κ2) is 10.3. The van der Waals surface area contributed by atoms with E-state index in [2.05, 4.69) is 9.97 Å². The van der Waals surface area contributed by atoms with Crippen LogP contribution in [0.5, 0.6) is 17.4 Å². The Morgan fingerprint density at radius 2 is 2.09 bits per heavy atom. The molecule has 35 heavy (non-hydrogen) atoms. The van der Waals surface area contributed by atoms with Crippen molar-refractivity contribution in [1.82, 2.24) is 9.97 Å². The van der Waals surface area contributed by atoms with Crippen LogP contribution in [0.25, 0.3) is 11.0 Å². The van der Waals surface area contributed by atoms with Crippen LogP contribution in [0.2, 0.25) is 5.21 Å². The van der Waals surface area contributed by atoms with Gasteiger partial charge in [0.25, 0.3) is 0 Å². The third-order valence-electron chi connectivity index (χ3n) is 6.05. The van der Waals surface area contributed by atoms with Gasteiger partial charge in [0.2, 0.25) is 0 Å². The first kappa shape index (κ1) is 23.6. The first-order valence-corrected chi connectivity index (χ1v) is 14.3. The van der Waals surface area contributed by atoms with E-state index < -0.39 is 27.9 Å². The fourth-order valence-electron chi connectivity index (χ4n) is 4.15. The molecule has 1 amide bonds. The van der Waals surface area contributed by atoms with Gasteiger partial charge in [0, 0.05) is 0 Å². The fourth-order valence-corrected chi connectivity index (χ4v) is 6.87.